The lowest BCUT2D eigenvalue weighted by Gasteiger charge is -2.36. The number of hydrogen-bond donors (Lipinski definition) is 0. The Labute approximate surface area is 135 Å². The monoisotopic (exact) mass is 322 g/mol. The fourth-order valence-corrected chi connectivity index (χ4v) is 3.95. The molecule has 0 aliphatic carbocycles. The minimum atomic E-state index is 0.0813. The molecule has 2 aliphatic rings. The minimum absolute atomic E-state index is 0.0813. The maximum absolute atomic E-state index is 12.7. The van der Waals surface area contributed by atoms with Crippen LogP contribution in [0.5, 0.6) is 5.88 Å². The van der Waals surface area contributed by atoms with E-state index in [1.807, 2.05) is 22.7 Å². The van der Waals surface area contributed by atoms with E-state index in [-0.39, 0.29) is 5.92 Å². The van der Waals surface area contributed by atoms with Crippen molar-refractivity contribution < 1.29 is 9.53 Å². The second-order valence-corrected chi connectivity index (χ2v) is 6.87. The maximum atomic E-state index is 12.7. The van der Waals surface area contributed by atoms with Crippen molar-refractivity contribution >= 4 is 23.5 Å². The topological polar surface area (TPSA) is 58.6 Å². The van der Waals surface area contributed by atoms with Gasteiger partial charge in [0.1, 0.15) is 12.1 Å². The lowest BCUT2D eigenvalue weighted by Crippen LogP contribution is -2.47. The van der Waals surface area contributed by atoms with Gasteiger partial charge in [-0.1, -0.05) is 0 Å². The van der Waals surface area contributed by atoms with Crippen LogP contribution in [0.15, 0.2) is 12.4 Å². The lowest BCUT2D eigenvalue weighted by molar-refractivity contribution is -0.135. The molecule has 6 nitrogen and oxygen atoms in total. The molecule has 1 atom stereocenters. The molecule has 0 bridgehead atoms. The first-order valence-corrected chi connectivity index (χ1v) is 8.91. The number of methoxy groups -OCH3 is 1. The summed E-state index contributed by atoms with van der Waals surface area (Å²) in [4.78, 5) is 25.3. The highest BCUT2D eigenvalue weighted by Gasteiger charge is 2.30. The summed E-state index contributed by atoms with van der Waals surface area (Å²) in [7, 11) is 1.60. The SMILES string of the molecule is COc1cc(N2CCCC(C(=O)N3CCSCC3)C2)ncn1. The second kappa shape index (κ2) is 7.17. The maximum Gasteiger partial charge on any atom is 0.227 e. The van der Waals surface area contributed by atoms with E-state index in [4.69, 9.17) is 4.74 Å². The van der Waals surface area contributed by atoms with Crippen molar-refractivity contribution in [2.24, 2.45) is 5.92 Å². The molecule has 0 saturated carbocycles. The Bertz CT molecular complexity index is 522. The average molecular weight is 322 g/mol. The molecule has 2 fully saturated rings. The van der Waals surface area contributed by atoms with Crippen LogP contribution in [0.2, 0.25) is 0 Å². The highest BCUT2D eigenvalue weighted by molar-refractivity contribution is 7.99. The molecular formula is C15H22N4O2S. The summed E-state index contributed by atoms with van der Waals surface area (Å²) in [5.74, 6) is 3.92. The zero-order valence-electron chi connectivity index (χ0n) is 12.9. The first kappa shape index (κ1) is 15.4. The fraction of sp³-hybridized carbons (Fsp3) is 0.667. The van der Waals surface area contributed by atoms with Crippen LogP contribution in [0.1, 0.15) is 12.8 Å². The molecule has 2 saturated heterocycles. The molecule has 0 spiro atoms. The van der Waals surface area contributed by atoms with Gasteiger partial charge in [0.15, 0.2) is 0 Å². The number of aromatic nitrogens is 2. The summed E-state index contributed by atoms with van der Waals surface area (Å²) in [6.07, 6.45) is 3.51. The number of amides is 1. The van der Waals surface area contributed by atoms with Crippen LogP contribution in [0.3, 0.4) is 0 Å². The summed E-state index contributed by atoms with van der Waals surface area (Å²) in [6.45, 7) is 3.45. The standard InChI is InChI=1S/C15H22N4O2S/c1-21-14-9-13(16-11-17-14)19-4-2-3-12(10-19)15(20)18-5-7-22-8-6-18/h9,11-12H,2-8,10H2,1H3. The van der Waals surface area contributed by atoms with Crippen LogP contribution in [0, 0.1) is 5.92 Å². The molecule has 0 radical (unpaired) electrons. The van der Waals surface area contributed by atoms with Crippen molar-refractivity contribution in [1.29, 1.82) is 0 Å². The minimum Gasteiger partial charge on any atom is -0.481 e. The highest BCUT2D eigenvalue weighted by atomic mass is 32.2. The van der Waals surface area contributed by atoms with Gasteiger partial charge in [-0.25, -0.2) is 9.97 Å². The quantitative estimate of drug-likeness (QED) is 0.835. The predicted molar refractivity (Wildman–Crippen MR) is 87.4 cm³/mol. The number of nitrogens with zero attached hydrogens (tertiary/aromatic N) is 4. The van der Waals surface area contributed by atoms with Crippen molar-refractivity contribution in [2.45, 2.75) is 12.8 Å². The third kappa shape index (κ3) is 3.45. The van der Waals surface area contributed by atoms with Crippen molar-refractivity contribution in [2.75, 3.05) is 49.7 Å². The number of anilines is 1. The van der Waals surface area contributed by atoms with E-state index in [1.54, 1.807) is 7.11 Å². The van der Waals surface area contributed by atoms with Crippen molar-refractivity contribution in [1.82, 2.24) is 14.9 Å². The average Bonchev–Trinajstić information content (AvgIpc) is 2.62. The van der Waals surface area contributed by atoms with Crippen LogP contribution < -0.4 is 9.64 Å². The number of rotatable bonds is 3. The summed E-state index contributed by atoms with van der Waals surface area (Å²) < 4.78 is 5.16. The number of piperidine rings is 1. The molecule has 1 aromatic rings. The summed E-state index contributed by atoms with van der Waals surface area (Å²) >= 11 is 1.93. The van der Waals surface area contributed by atoms with E-state index in [2.05, 4.69) is 14.9 Å². The first-order chi connectivity index (χ1) is 10.8. The Morgan fingerprint density at radius 3 is 2.91 bits per heavy atom. The van der Waals surface area contributed by atoms with E-state index >= 15 is 0 Å². The van der Waals surface area contributed by atoms with Gasteiger partial charge in [0.2, 0.25) is 11.8 Å². The summed E-state index contributed by atoms with van der Waals surface area (Å²) in [5.41, 5.74) is 0. The third-order valence-corrected chi connectivity index (χ3v) is 5.20. The van der Waals surface area contributed by atoms with Crippen LogP contribution in [-0.2, 0) is 4.79 Å². The fourth-order valence-electron chi connectivity index (χ4n) is 3.04. The van der Waals surface area contributed by atoms with Gasteiger partial charge in [0.25, 0.3) is 0 Å². The molecule has 2 aliphatic heterocycles. The summed E-state index contributed by atoms with van der Waals surface area (Å²) in [5, 5.41) is 0. The van der Waals surface area contributed by atoms with Gasteiger partial charge in [-0.15, -0.1) is 0 Å². The number of carbonyl (C=O) groups is 1. The van der Waals surface area contributed by atoms with Gasteiger partial charge >= 0.3 is 0 Å². The van der Waals surface area contributed by atoms with Crippen LogP contribution in [0.25, 0.3) is 0 Å². The molecule has 3 heterocycles. The van der Waals surface area contributed by atoms with Crippen LogP contribution in [-0.4, -0.2) is 65.6 Å². The normalized spacial score (nSPS) is 22.5. The molecule has 1 amide bonds. The Kier molecular flexibility index (Phi) is 5.02. The van der Waals surface area contributed by atoms with Gasteiger partial charge in [0.05, 0.1) is 13.0 Å². The Morgan fingerprint density at radius 1 is 1.32 bits per heavy atom. The number of thioether (sulfide) groups is 1. The smallest absolute Gasteiger partial charge is 0.227 e. The predicted octanol–water partition coefficient (Wildman–Crippen LogP) is 1.28. The van der Waals surface area contributed by atoms with Gasteiger partial charge in [-0.3, -0.25) is 4.79 Å². The lowest BCUT2D eigenvalue weighted by atomic mass is 9.96. The van der Waals surface area contributed by atoms with E-state index in [9.17, 15) is 4.79 Å². The van der Waals surface area contributed by atoms with Crippen LogP contribution >= 0.6 is 11.8 Å². The van der Waals surface area contributed by atoms with Gasteiger partial charge in [-0.05, 0) is 12.8 Å². The Morgan fingerprint density at radius 2 is 2.14 bits per heavy atom. The number of hydrogen-bond acceptors (Lipinski definition) is 6. The van der Waals surface area contributed by atoms with Crippen molar-refractivity contribution in [3.8, 4) is 5.88 Å². The van der Waals surface area contributed by atoms with Crippen molar-refractivity contribution in [3.05, 3.63) is 12.4 Å². The van der Waals surface area contributed by atoms with Crippen LogP contribution in [0.4, 0.5) is 5.82 Å². The van der Waals surface area contributed by atoms with Gasteiger partial charge < -0.3 is 14.5 Å². The first-order valence-electron chi connectivity index (χ1n) is 7.75. The molecule has 1 aromatic heterocycles. The van der Waals surface area contributed by atoms with Gasteiger partial charge in [0, 0.05) is 43.8 Å². The molecule has 0 aromatic carbocycles. The summed E-state index contributed by atoms with van der Waals surface area (Å²) in [6, 6.07) is 1.84. The largest absolute Gasteiger partial charge is 0.481 e. The molecule has 120 valence electrons. The van der Waals surface area contributed by atoms with E-state index in [1.165, 1.54) is 6.33 Å². The second-order valence-electron chi connectivity index (χ2n) is 5.64. The molecule has 3 rings (SSSR count). The van der Waals surface area contributed by atoms with E-state index in [0.717, 1.165) is 56.3 Å². The zero-order valence-corrected chi connectivity index (χ0v) is 13.7. The Hall–Kier alpha value is -1.50. The molecule has 0 N–H and O–H groups in total. The number of ether oxygens (including phenoxy) is 1. The number of carbonyl (C=O) groups excluding carboxylic acids is 1. The van der Waals surface area contributed by atoms with E-state index in [0.29, 0.717) is 11.8 Å². The Balaban J connectivity index is 1.66. The third-order valence-electron chi connectivity index (χ3n) is 4.25. The highest BCUT2D eigenvalue weighted by Crippen LogP contribution is 2.25. The van der Waals surface area contributed by atoms with Gasteiger partial charge in [-0.2, -0.15) is 11.8 Å². The van der Waals surface area contributed by atoms with Crippen molar-refractivity contribution in [3.63, 3.8) is 0 Å². The zero-order chi connectivity index (χ0) is 15.4. The molecule has 22 heavy (non-hydrogen) atoms. The molecule has 1 unspecified atom stereocenters. The molecule has 7 heteroatoms. The van der Waals surface area contributed by atoms with E-state index < -0.39 is 0 Å². The molecular weight excluding hydrogens is 300 g/mol.